The lowest BCUT2D eigenvalue weighted by Gasteiger charge is -2.28. The van der Waals surface area contributed by atoms with E-state index in [0.29, 0.717) is 6.10 Å². The molecule has 1 N–H and O–H groups in total. The van der Waals surface area contributed by atoms with E-state index >= 15 is 0 Å². The van der Waals surface area contributed by atoms with E-state index in [1.807, 2.05) is 12.1 Å². The number of nitrogens with zero attached hydrogens (tertiary/aromatic N) is 2. The zero-order valence-electron chi connectivity index (χ0n) is 14.1. The number of carbonyl (C=O) groups excluding carboxylic acids is 1. The molecular formula is C18H27N3O2. The Morgan fingerprint density at radius 1 is 1.13 bits per heavy atom. The van der Waals surface area contributed by atoms with Crippen molar-refractivity contribution in [3.8, 4) is 0 Å². The Morgan fingerprint density at radius 2 is 1.83 bits per heavy atom. The van der Waals surface area contributed by atoms with Gasteiger partial charge in [-0.25, -0.2) is 0 Å². The minimum Gasteiger partial charge on any atom is -0.380 e. The first-order valence-corrected chi connectivity index (χ1v) is 8.53. The molecule has 1 amide bonds. The lowest BCUT2D eigenvalue weighted by atomic mass is 9.96. The van der Waals surface area contributed by atoms with E-state index in [2.05, 4.69) is 34.3 Å². The van der Waals surface area contributed by atoms with Crippen LogP contribution in [0.3, 0.4) is 0 Å². The van der Waals surface area contributed by atoms with Gasteiger partial charge < -0.3 is 19.9 Å². The molecule has 1 atom stereocenters. The van der Waals surface area contributed by atoms with Crippen LogP contribution in [-0.2, 0) is 9.53 Å². The first-order valence-electron chi connectivity index (χ1n) is 8.53. The number of piperidine rings is 1. The van der Waals surface area contributed by atoms with Crippen molar-refractivity contribution < 1.29 is 9.53 Å². The number of amides is 1. The quantitative estimate of drug-likeness (QED) is 0.924. The molecule has 0 radical (unpaired) electrons. The summed E-state index contributed by atoms with van der Waals surface area (Å²) in [5.41, 5.74) is 2.09. The number of methoxy groups -OCH3 is 1. The number of anilines is 2. The maximum atomic E-state index is 12.3. The van der Waals surface area contributed by atoms with E-state index in [4.69, 9.17) is 4.74 Å². The van der Waals surface area contributed by atoms with Crippen molar-refractivity contribution in [3.05, 3.63) is 24.3 Å². The number of benzene rings is 1. The van der Waals surface area contributed by atoms with Gasteiger partial charge in [0.25, 0.3) is 0 Å². The monoisotopic (exact) mass is 317 g/mol. The first kappa shape index (κ1) is 16.3. The smallest absolute Gasteiger partial charge is 0.227 e. The second-order valence-corrected chi connectivity index (χ2v) is 6.71. The number of rotatable bonds is 4. The molecule has 5 nitrogen and oxygen atoms in total. The van der Waals surface area contributed by atoms with Crippen LogP contribution < -0.4 is 10.2 Å². The van der Waals surface area contributed by atoms with Crippen LogP contribution in [0.4, 0.5) is 11.4 Å². The van der Waals surface area contributed by atoms with Crippen LogP contribution in [0.5, 0.6) is 0 Å². The summed E-state index contributed by atoms with van der Waals surface area (Å²) in [6.45, 7) is 3.98. The minimum absolute atomic E-state index is 0.145. The molecule has 0 aliphatic carbocycles. The molecule has 0 aromatic heterocycles. The predicted octanol–water partition coefficient (Wildman–Crippen LogP) is 2.19. The second-order valence-electron chi connectivity index (χ2n) is 6.71. The van der Waals surface area contributed by atoms with Gasteiger partial charge >= 0.3 is 0 Å². The molecule has 5 heteroatoms. The lowest BCUT2D eigenvalue weighted by molar-refractivity contribution is -0.121. The topological polar surface area (TPSA) is 44.8 Å². The van der Waals surface area contributed by atoms with Gasteiger partial charge in [-0.15, -0.1) is 0 Å². The number of likely N-dealkylation sites (tertiary alicyclic amines) is 1. The molecule has 2 saturated heterocycles. The second kappa shape index (κ2) is 7.32. The molecule has 2 fully saturated rings. The Morgan fingerprint density at radius 3 is 2.43 bits per heavy atom. The molecule has 0 spiro atoms. The van der Waals surface area contributed by atoms with Crippen molar-refractivity contribution in [1.29, 1.82) is 0 Å². The van der Waals surface area contributed by atoms with Crippen molar-refractivity contribution in [1.82, 2.24) is 4.90 Å². The summed E-state index contributed by atoms with van der Waals surface area (Å²) in [7, 11) is 3.88. The van der Waals surface area contributed by atoms with Gasteiger partial charge in [0.15, 0.2) is 0 Å². The molecule has 1 unspecified atom stereocenters. The maximum absolute atomic E-state index is 12.3. The highest BCUT2D eigenvalue weighted by molar-refractivity contribution is 5.92. The third kappa shape index (κ3) is 4.03. The van der Waals surface area contributed by atoms with Gasteiger partial charge in [-0.1, -0.05) is 0 Å². The van der Waals surface area contributed by atoms with E-state index in [1.165, 1.54) is 5.69 Å². The summed E-state index contributed by atoms with van der Waals surface area (Å²) in [6, 6.07) is 8.18. The zero-order chi connectivity index (χ0) is 16.2. The molecule has 3 rings (SSSR count). The van der Waals surface area contributed by atoms with E-state index < -0.39 is 0 Å². The minimum atomic E-state index is 0.145. The number of hydrogen-bond donors (Lipinski definition) is 1. The summed E-state index contributed by atoms with van der Waals surface area (Å²) in [6.07, 6.45) is 3.31. The maximum Gasteiger partial charge on any atom is 0.227 e. The van der Waals surface area contributed by atoms with E-state index in [1.54, 1.807) is 7.11 Å². The van der Waals surface area contributed by atoms with Crippen molar-refractivity contribution in [3.63, 3.8) is 0 Å². The van der Waals surface area contributed by atoms with Gasteiger partial charge in [0.1, 0.15) is 0 Å². The SMILES string of the molecule is COC1CCN(c2ccc(NC(=O)C3CCN(C)CC3)cc2)C1. The van der Waals surface area contributed by atoms with E-state index in [9.17, 15) is 4.79 Å². The predicted molar refractivity (Wildman–Crippen MR) is 92.9 cm³/mol. The summed E-state index contributed by atoms with van der Waals surface area (Å²) >= 11 is 0. The van der Waals surface area contributed by atoms with Gasteiger partial charge in [-0.2, -0.15) is 0 Å². The number of nitrogens with one attached hydrogen (secondary N) is 1. The third-order valence-corrected chi connectivity index (χ3v) is 5.07. The highest BCUT2D eigenvalue weighted by Crippen LogP contribution is 2.24. The van der Waals surface area contributed by atoms with E-state index in [0.717, 1.165) is 51.1 Å². The Labute approximate surface area is 138 Å². The normalized spacial score (nSPS) is 23.2. The number of carbonyl (C=O) groups is 1. The fourth-order valence-electron chi connectivity index (χ4n) is 3.43. The Balaban J connectivity index is 1.54. The summed E-state index contributed by atoms with van der Waals surface area (Å²) < 4.78 is 5.41. The zero-order valence-corrected chi connectivity index (χ0v) is 14.1. The van der Waals surface area contributed by atoms with Gasteiger partial charge in [0.05, 0.1) is 6.10 Å². The summed E-state index contributed by atoms with van der Waals surface area (Å²) in [5.74, 6) is 0.304. The van der Waals surface area contributed by atoms with Gasteiger partial charge in [0, 0.05) is 37.5 Å². The van der Waals surface area contributed by atoms with Crippen LogP contribution in [0.1, 0.15) is 19.3 Å². The molecule has 2 aliphatic rings. The van der Waals surface area contributed by atoms with Crippen LogP contribution in [-0.4, -0.2) is 57.2 Å². The van der Waals surface area contributed by atoms with Crippen molar-refractivity contribution in [2.75, 3.05) is 50.6 Å². The highest BCUT2D eigenvalue weighted by atomic mass is 16.5. The van der Waals surface area contributed by atoms with Crippen molar-refractivity contribution in [2.24, 2.45) is 5.92 Å². The fourth-order valence-corrected chi connectivity index (χ4v) is 3.43. The van der Waals surface area contributed by atoms with Crippen molar-refractivity contribution in [2.45, 2.75) is 25.4 Å². The standard InChI is InChI=1S/C18H27N3O2/c1-20-10-7-14(8-11-20)18(22)19-15-3-5-16(6-4-15)21-12-9-17(13-21)23-2/h3-6,14,17H,7-13H2,1-2H3,(H,19,22). The Hall–Kier alpha value is -1.59. The molecule has 2 heterocycles. The van der Waals surface area contributed by atoms with Crippen LogP contribution in [0.2, 0.25) is 0 Å². The molecule has 126 valence electrons. The fraction of sp³-hybridized carbons (Fsp3) is 0.611. The average molecular weight is 317 g/mol. The van der Waals surface area contributed by atoms with Crippen LogP contribution in [0.25, 0.3) is 0 Å². The molecule has 0 saturated carbocycles. The lowest BCUT2D eigenvalue weighted by Crippen LogP contribution is -2.35. The Bertz CT molecular complexity index is 524. The van der Waals surface area contributed by atoms with Gasteiger partial charge in [-0.05, 0) is 63.7 Å². The molecule has 2 aliphatic heterocycles. The molecule has 23 heavy (non-hydrogen) atoms. The molecule has 1 aromatic rings. The molecular weight excluding hydrogens is 290 g/mol. The Kier molecular flexibility index (Phi) is 5.18. The van der Waals surface area contributed by atoms with Gasteiger partial charge in [-0.3, -0.25) is 4.79 Å². The van der Waals surface area contributed by atoms with Gasteiger partial charge in [0.2, 0.25) is 5.91 Å². The summed E-state index contributed by atoms with van der Waals surface area (Å²) in [4.78, 5) is 17.0. The third-order valence-electron chi connectivity index (χ3n) is 5.07. The molecule has 0 bridgehead atoms. The number of ether oxygens (including phenoxy) is 1. The largest absolute Gasteiger partial charge is 0.380 e. The van der Waals surface area contributed by atoms with Crippen LogP contribution >= 0.6 is 0 Å². The first-order chi connectivity index (χ1) is 11.2. The molecule has 1 aromatic carbocycles. The van der Waals surface area contributed by atoms with Crippen LogP contribution in [0, 0.1) is 5.92 Å². The van der Waals surface area contributed by atoms with Crippen molar-refractivity contribution >= 4 is 17.3 Å². The summed E-state index contributed by atoms with van der Waals surface area (Å²) in [5, 5.41) is 3.06. The highest BCUT2D eigenvalue weighted by Gasteiger charge is 2.24. The van der Waals surface area contributed by atoms with E-state index in [-0.39, 0.29) is 11.8 Å². The van der Waals surface area contributed by atoms with Crippen LogP contribution in [0.15, 0.2) is 24.3 Å². The number of hydrogen-bond acceptors (Lipinski definition) is 4. The average Bonchev–Trinajstić information content (AvgIpc) is 3.05.